The van der Waals surface area contributed by atoms with Crippen molar-refractivity contribution in [2.45, 2.75) is 45.2 Å². The number of imidazole rings is 1. The van der Waals surface area contributed by atoms with Crippen LogP contribution in [0.4, 0.5) is 0 Å². The Morgan fingerprint density at radius 3 is 2.81 bits per heavy atom. The summed E-state index contributed by atoms with van der Waals surface area (Å²) in [5, 5.41) is 0. The van der Waals surface area contributed by atoms with Gasteiger partial charge in [-0.2, -0.15) is 4.98 Å². The molecule has 7 heteroatoms. The molecule has 3 rings (SSSR count). The molecule has 1 aliphatic heterocycles. The van der Waals surface area contributed by atoms with E-state index in [0.717, 1.165) is 44.6 Å². The van der Waals surface area contributed by atoms with Crippen LogP contribution in [0.2, 0.25) is 0 Å². The van der Waals surface area contributed by atoms with E-state index in [4.69, 9.17) is 9.47 Å². The molecule has 0 N–H and O–H groups in total. The number of hydrogen-bond donors (Lipinski definition) is 0. The molecule has 1 atom stereocenters. The molecule has 0 aliphatic carbocycles. The van der Waals surface area contributed by atoms with Crippen LogP contribution in [-0.2, 0) is 6.54 Å². The number of likely N-dealkylation sites (tertiary alicyclic amines) is 1. The van der Waals surface area contributed by atoms with Gasteiger partial charge < -0.3 is 18.9 Å². The lowest BCUT2D eigenvalue weighted by Crippen LogP contribution is -2.44. The van der Waals surface area contributed by atoms with Crippen LogP contribution in [0.25, 0.3) is 0 Å². The Labute approximate surface area is 154 Å². The molecular formula is C19H26N4O3. The summed E-state index contributed by atoms with van der Waals surface area (Å²) in [6, 6.07) is 3.65. The van der Waals surface area contributed by atoms with E-state index in [2.05, 4.69) is 14.5 Å². The van der Waals surface area contributed by atoms with Crippen LogP contribution >= 0.6 is 0 Å². The van der Waals surface area contributed by atoms with Gasteiger partial charge in [-0.3, -0.25) is 4.79 Å². The fourth-order valence-electron chi connectivity index (χ4n) is 3.51. The normalized spacial score (nSPS) is 17.2. The summed E-state index contributed by atoms with van der Waals surface area (Å²) < 4.78 is 12.6. The SMILES string of the molecule is COc1ccc(C(=O)N2CCCC[C@@H]2CCn2ccnc2C)c(OC)n1. The van der Waals surface area contributed by atoms with E-state index in [1.165, 1.54) is 7.11 Å². The predicted molar refractivity (Wildman–Crippen MR) is 97.6 cm³/mol. The molecule has 0 unspecified atom stereocenters. The van der Waals surface area contributed by atoms with Crippen LogP contribution in [0.5, 0.6) is 11.8 Å². The zero-order valence-electron chi connectivity index (χ0n) is 15.6. The molecule has 1 saturated heterocycles. The van der Waals surface area contributed by atoms with Crippen molar-refractivity contribution < 1.29 is 14.3 Å². The molecule has 1 fully saturated rings. The highest BCUT2D eigenvalue weighted by atomic mass is 16.5. The molecule has 0 spiro atoms. The maximum absolute atomic E-state index is 13.2. The molecule has 3 heterocycles. The summed E-state index contributed by atoms with van der Waals surface area (Å²) in [6.45, 7) is 3.62. The molecule has 2 aromatic rings. The highest BCUT2D eigenvalue weighted by Crippen LogP contribution is 2.27. The maximum Gasteiger partial charge on any atom is 0.259 e. The van der Waals surface area contributed by atoms with Crippen LogP contribution in [-0.4, -0.2) is 52.1 Å². The molecule has 1 aliphatic rings. The zero-order valence-corrected chi connectivity index (χ0v) is 15.6. The van der Waals surface area contributed by atoms with Crippen molar-refractivity contribution in [3.63, 3.8) is 0 Å². The Morgan fingerprint density at radius 1 is 1.27 bits per heavy atom. The van der Waals surface area contributed by atoms with Crippen LogP contribution in [0.15, 0.2) is 24.5 Å². The molecule has 0 bridgehead atoms. The largest absolute Gasteiger partial charge is 0.481 e. The standard InChI is InChI=1S/C19H26N4O3/c1-14-20-10-13-22(14)12-9-15-6-4-5-11-23(15)19(24)16-7-8-17(25-2)21-18(16)26-3/h7-8,10,13,15H,4-6,9,11-12H2,1-3H3/t15-/m1/s1. The molecule has 0 aromatic carbocycles. The summed E-state index contributed by atoms with van der Waals surface area (Å²) >= 11 is 0. The van der Waals surface area contributed by atoms with Crippen LogP contribution in [0, 0.1) is 6.92 Å². The Kier molecular flexibility index (Phi) is 5.75. The molecule has 7 nitrogen and oxygen atoms in total. The summed E-state index contributed by atoms with van der Waals surface area (Å²) in [6.07, 6.45) is 7.90. The lowest BCUT2D eigenvalue weighted by Gasteiger charge is -2.36. The van der Waals surface area contributed by atoms with Gasteiger partial charge in [0.15, 0.2) is 0 Å². The van der Waals surface area contributed by atoms with E-state index in [1.54, 1.807) is 19.2 Å². The van der Waals surface area contributed by atoms with Gasteiger partial charge in [0.2, 0.25) is 11.8 Å². The number of aryl methyl sites for hydroxylation is 2. The first-order valence-corrected chi connectivity index (χ1v) is 9.01. The lowest BCUT2D eigenvalue weighted by molar-refractivity contribution is 0.0591. The summed E-state index contributed by atoms with van der Waals surface area (Å²) in [5.41, 5.74) is 0.485. The first-order valence-electron chi connectivity index (χ1n) is 9.01. The third-order valence-electron chi connectivity index (χ3n) is 4.98. The number of carbonyl (C=O) groups excluding carboxylic acids is 1. The number of nitrogens with zero attached hydrogens (tertiary/aromatic N) is 4. The summed E-state index contributed by atoms with van der Waals surface area (Å²) in [4.78, 5) is 23.6. The Balaban J connectivity index is 1.76. The average Bonchev–Trinajstić information content (AvgIpc) is 3.10. The van der Waals surface area contributed by atoms with Crippen molar-refractivity contribution >= 4 is 5.91 Å². The topological polar surface area (TPSA) is 69.5 Å². The van der Waals surface area contributed by atoms with E-state index >= 15 is 0 Å². The van der Waals surface area contributed by atoms with Gasteiger partial charge in [-0.1, -0.05) is 0 Å². The van der Waals surface area contributed by atoms with Gasteiger partial charge >= 0.3 is 0 Å². The molecule has 2 aromatic heterocycles. The van der Waals surface area contributed by atoms with Crippen molar-refractivity contribution in [1.82, 2.24) is 19.4 Å². The first-order chi connectivity index (χ1) is 12.6. The second-order valence-electron chi connectivity index (χ2n) is 6.52. The Morgan fingerprint density at radius 2 is 2.12 bits per heavy atom. The fourth-order valence-corrected chi connectivity index (χ4v) is 3.51. The van der Waals surface area contributed by atoms with Crippen molar-refractivity contribution in [2.24, 2.45) is 0 Å². The fraction of sp³-hybridized carbons (Fsp3) is 0.526. The monoisotopic (exact) mass is 358 g/mol. The van der Waals surface area contributed by atoms with E-state index in [0.29, 0.717) is 17.3 Å². The highest BCUT2D eigenvalue weighted by Gasteiger charge is 2.29. The molecular weight excluding hydrogens is 332 g/mol. The van der Waals surface area contributed by atoms with Crippen molar-refractivity contribution in [3.05, 3.63) is 35.9 Å². The zero-order chi connectivity index (χ0) is 18.5. The number of methoxy groups -OCH3 is 2. The molecule has 140 valence electrons. The molecule has 26 heavy (non-hydrogen) atoms. The Bertz CT molecular complexity index is 759. The molecule has 0 radical (unpaired) electrons. The van der Waals surface area contributed by atoms with E-state index in [9.17, 15) is 4.79 Å². The highest BCUT2D eigenvalue weighted by molar-refractivity contribution is 5.96. The molecule has 1 amide bonds. The van der Waals surface area contributed by atoms with Gasteiger partial charge in [0, 0.05) is 37.6 Å². The minimum atomic E-state index is -0.0240. The Hall–Kier alpha value is -2.57. The van der Waals surface area contributed by atoms with Gasteiger partial charge in [-0.15, -0.1) is 0 Å². The lowest BCUT2D eigenvalue weighted by atomic mass is 9.98. The van der Waals surface area contributed by atoms with Gasteiger partial charge in [0.25, 0.3) is 5.91 Å². The number of pyridine rings is 1. The third-order valence-corrected chi connectivity index (χ3v) is 4.98. The first kappa shape index (κ1) is 18.2. The van der Waals surface area contributed by atoms with Crippen LogP contribution in [0.3, 0.4) is 0 Å². The third kappa shape index (κ3) is 3.81. The van der Waals surface area contributed by atoms with Gasteiger partial charge in [0.05, 0.1) is 14.2 Å². The maximum atomic E-state index is 13.2. The van der Waals surface area contributed by atoms with Gasteiger partial charge in [0.1, 0.15) is 11.4 Å². The summed E-state index contributed by atoms with van der Waals surface area (Å²) in [5.74, 6) is 1.72. The molecule has 0 saturated carbocycles. The van der Waals surface area contributed by atoms with Crippen LogP contribution < -0.4 is 9.47 Å². The average molecular weight is 358 g/mol. The number of piperidine rings is 1. The number of ether oxygens (including phenoxy) is 2. The second kappa shape index (κ2) is 8.21. The van der Waals surface area contributed by atoms with Gasteiger partial charge in [-0.05, 0) is 38.7 Å². The quantitative estimate of drug-likeness (QED) is 0.794. The minimum absolute atomic E-state index is 0.0240. The van der Waals surface area contributed by atoms with Crippen LogP contribution in [0.1, 0.15) is 41.9 Å². The predicted octanol–water partition coefficient (Wildman–Crippen LogP) is 2.69. The minimum Gasteiger partial charge on any atom is -0.481 e. The number of rotatable bonds is 6. The van der Waals surface area contributed by atoms with Crippen molar-refractivity contribution in [1.29, 1.82) is 0 Å². The number of aromatic nitrogens is 3. The summed E-state index contributed by atoms with van der Waals surface area (Å²) in [7, 11) is 3.07. The van der Waals surface area contributed by atoms with E-state index < -0.39 is 0 Å². The van der Waals surface area contributed by atoms with Crippen molar-refractivity contribution in [2.75, 3.05) is 20.8 Å². The number of hydrogen-bond acceptors (Lipinski definition) is 5. The van der Waals surface area contributed by atoms with Crippen molar-refractivity contribution in [3.8, 4) is 11.8 Å². The second-order valence-corrected chi connectivity index (χ2v) is 6.52. The van der Waals surface area contributed by atoms with E-state index in [1.807, 2.05) is 24.2 Å². The van der Waals surface area contributed by atoms with E-state index in [-0.39, 0.29) is 11.9 Å². The van der Waals surface area contributed by atoms with Gasteiger partial charge in [-0.25, -0.2) is 4.98 Å². The smallest absolute Gasteiger partial charge is 0.259 e. The number of carbonyl (C=O) groups is 1. The number of amides is 1.